The largest absolute Gasteiger partial charge is 0.466 e. The topological polar surface area (TPSA) is 72.2 Å². The van der Waals surface area contributed by atoms with E-state index >= 15 is 0 Å². The maximum Gasteiger partial charge on any atom is 0.226 e. The van der Waals surface area contributed by atoms with Crippen LogP contribution in [0.15, 0.2) is 40.1 Å². The highest BCUT2D eigenvalue weighted by Gasteiger charge is 2.13. The summed E-state index contributed by atoms with van der Waals surface area (Å²) in [6.45, 7) is 5.29. The lowest BCUT2D eigenvalue weighted by Gasteiger charge is -2.00. The first kappa shape index (κ1) is 18.1. The first-order valence-corrected chi connectivity index (χ1v) is 9.23. The number of hydrogen-bond acceptors (Lipinski definition) is 5. The summed E-state index contributed by atoms with van der Waals surface area (Å²) in [4.78, 5) is 28.1. The molecule has 0 bridgehead atoms. The van der Waals surface area contributed by atoms with E-state index in [0.29, 0.717) is 28.6 Å². The van der Waals surface area contributed by atoms with Crippen molar-refractivity contribution in [3.63, 3.8) is 0 Å². The van der Waals surface area contributed by atoms with E-state index in [1.54, 1.807) is 13.0 Å². The van der Waals surface area contributed by atoms with E-state index in [-0.39, 0.29) is 18.1 Å². The van der Waals surface area contributed by atoms with Gasteiger partial charge in [0.05, 0.1) is 11.3 Å². The number of furan rings is 1. The Morgan fingerprint density at radius 3 is 2.58 bits per heavy atom. The molecular formula is C20H20N2O3S. The average molecular weight is 368 g/mol. The summed E-state index contributed by atoms with van der Waals surface area (Å²) in [5.74, 6) is 1.07. The third-order valence-electron chi connectivity index (χ3n) is 4.04. The molecule has 2 aromatic heterocycles. The lowest BCUT2D eigenvalue weighted by molar-refractivity contribution is -0.116. The van der Waals surface area contributed by atoms with Gasteiger partial charge < -0.3 is 9.73 Å². The summed E-state index contributed by atoms with van der Waals surface area (Å²) in [6, 6.07) is 9.81. The van der Waals surface area contributed by atoms with Gasteiger partial charge in [-0.2, -0.15) is 0 Å². The Balaban J connectivity index is 1.58. The lowest BCUT2D eigenvalue weighted by Crippen LogP contribution is -2.11. The van der Waals surface area contributed by atoms with E-state index in [9.17, 15) is 9.59 Å². The predicted octanol–water partition coefficient (Wildman–Crippen LogP) is 4.79. The van der Waals surface area contributed by atoms with Crippen molar-refractivity contribution in [2.45, 2.75) is 33.6 Å². The van der Waals surface area contributed by atoms with Gasteiger partial charge in [0.15, 0.2) is 10.9 Å². The molecule has 0 aliphatic rings. The number of ketones is 1. The Morgan fingerprint density at radius 1 is 1.19 bits per heavy atom. The van der Waals surface area contributed by atoms with Crippen molar-refractivity contribution in [2.75, 3.05) is 5.32 Å². The molecule has 3 aromatic rings. The Kier molecular flexibility index (Phi) is 5.32. The number of carbonyl (C=O) groups is 2. The van der Waals surface area contributed by atoms with Crippen LogP contribution in [0.3, 0.4) is 0 Å². The molecule has 26 heavy (non-hydrogen) atoms. The molecule has 5 nitrogen and oxygen atoms in total. The van der Waals surface area contributed by atoms with Gasteiger partial charge in [0.2, 0.25) is 5.91 Å². The minimum Gasteiger partial charge on any atom is -0.466 e. The molecule has 0 radical (unpaired) electrons. The second kappa shape index (κ2) is 7.66. The van der Waals surface area contributed by atoms with Crippen molar-refractivity contribution in [2.24, 2.45) is 0 Å². The van der Waals surface area contributed by atoms with Crippen molar-refractivity contribution in [3.05, 3.63) is 58.4 Å². The first-order valence-electron chi connectivity index (χ1n) is 8.35. The van der Waals surface area contributed by atoms with E-state index in [2.05, 4.69) is 10.3 Å². The van der Waals surface area contributed by atoms with E-state index in [1.165, 1.54) is 23.8 Å². The molecule has 0 saturated carbocycles. The highest BCUT2D eigenvalue weighted by Crippen LogP contribution is 2.25. The Hall–Kier alpha value is -2.73. The molecule has 0 unspecified atom stereocenters. The van der Waals surface area contributed by atoms with Crippen LogP contribution in [0.1, 0.15) is 40.8 Å². The maximum atomic E-state index is 12.1. The van der Waals surface area contributed by atoms with Crippen molar-refractivity contribution in [1.82, 2.24) is 4.98 Å². The number of nitrogens with zero attached hydrogens (tertiary/aromatic N) is 1. The van der Waals surface area contributed by atoms with Crippen molar-refractivity contribution >= 4 is 28.2 Å². The molecule has 0 spiro atoms. The molecule has 1 N–H and O–H groups in total. The van der Waals surface area contributed by atoms with Gasteiger partial charge in [-0.15, -0.1) is 11.3 Å². The van der Waals surface area contributed by atoms with Crippen LogP contribution in [0.2, 0.25) is 0 Å². The van der Waals surface area contributed by atoms with Crippen LogP contribution in [-0.2, 0) is 11.2 Å². The number of nitrogens with one attached hydrogen (secondary N) is 1. The number of amides is 1. The average Bonchev–Trinajstić information content (AvgIpc) is 3.20. The van der Waals surface area contributed by atoms with Crippen LogP contribution in [0.5, 0.6) is 0 Å². The van der Waals surface area contributed by atoms with Gasteiger partial charge >= 0.3 is 0 Å². The van der Waals surface area contributed by atoms with Crippen molar-refractivity contribution < 1.29 is 14.0 Å². The van der Waals surface area contributed by atoms with Crippen LogP contribution >= 0.6 is 11.3 Å². The standard InChI is InChI=1S/C20H20N2O3S/c1-12-4-6-15(7-5-12)18-11-26-20(21-18)22-19(24)9-8-16-10-17(13(2)23)14(3)25-16/h4-7,10-11H,8-9H2,1-3H3,(H,21,22,24). The van der Waals surface area contributed by atoms with Gasteiger partial charge in [0.1, 0.15) is 11.5 Å². The molecule has 1 aromatic carbocycles. The molecular weight excluding hydrogens is 348 g/mol. The third kappa shape index (κ3) is 4.26. The van der Waals surface area contributed by atoms with Crippen molar-refractivity contribution in [3.8, 4) is 11.3 Å². The van der Waals surface area contributed by atoms with Crippen LogP contribution in [0.25, 0.3) is 11.3 Å². The normalized spacial score (nSPS) is 10.7. The van der Waals surface area contributed by atoms with Crippen LogP contribution < -0.4 is 5.32 Å². The fourth-order valence-electron chi connectivity index (χ4n) is 2.62. The highest BCUT2D eigenvalue weighted by molar-refractivity contribution is 7.14. The van der Waals surface area contributed by atoms with Gasteiger partial charge in [-0.1, -0.05) is 29.8 Å². The summed E-state index contributed by atoms with van der Waals surface area (Å²) in [5.41, 5.74) is 3.63. The number of rotatable bonds is 6. The molecule has 134 valence electrons. The number of anilines is 1. The Bertz CT molecular complexity index is 938. The van der Waals surface area contributed by atoms with Crippen LogP contribution in [0.4, 0.5) is 5.13 Å². The summed E-state index contributed by atoms with van der Waals surface area (Å²) in [7, 11) is 0. The summed E-state index contributed by atoms with van der Waals surface area (Å²) in [5, 5.41) is 5.32. The zero-order chi connectivity index (χ0) is 18.7. The van der Waals surface area contributed by atoms with Gasteiger partial charge in [0.25, 0.3) is 0 Å². The number of hydrogen-bond donors (Lipinski definition) is 1. The van der Waals surface area contributed by atoms with Gasteiger partial charge in [-0.3, -0.25) is 9.59 Å². The molecule has 0 aliphatic heterocycles. The van der Waals surface area contributed by atoms with Gasteiger partial charge in [-0.25, -0.2) is 4.98 Å². The fourth-order valence-corrected chi connectivity index (χ4v) is 3.36. The summed E-state index contributed by atoms with van der Waals surface area (Å²) in [6.07, 6.45) is 0.708. The summed E-state index contributed by atoms with van der Waals surface area (Å²) >= 11 is 1.40. The molecule has 6 heteroatoms. The first-order chi connectivity index (χ1) is 12.4. The van der Waals surface area contributed by atoms with E-state index < -0.39 is 0 Å². The molecule has 2 heterocycles. The quantitative estimate of drug-likeness (QED) is 0.635. The van der Waals surface area contributed by atoms with Crippen molar-refractivity contribution in [1.29, 1.82) is 0 Å². The molecule has 1 amide bonds. The molecule has 3 rings (SSSR count). The molecule has 0 aliphatic carbocycles. The van der Waals surface area contributed by atoms with Gasteiger partial charge in [-0.05, 0) is 26.8 Å². The van der Waals surface area contributed by atoms with Gasteiger partial charge in [0, 0.05) is 23.8 Å². The Labute approximate surface area is 156 Å². The number of carbonyl (C=O) groups excluding carboxylic acids is 2. The van der Waals surface area contributed by atoms with Crippen LogP contribution in [-0.4, -0.2) is 16.7 Å². The summed E-state index contributed by atoms with van der Waals surface area (Å²) < 4.78 is 5.53. The zero-order valence-electron chi connectivity index (χ0n) is 15.0. The number of aromatic nitrogens is 1. The fraction of sp³-hybridized carbons (Fsp3) is 0.250. The number of Topliss-reactive ketones (excluding diaryl/α,β-unsaturated/α-hetero) is 1. The molecule has 0 atom stereocenters. The predicted molar refractivity (Wildman–Crippen MR) is 103 cm³/mol. The second-order valence-electron chi connectivity index (χ2n) is 6.19. The maximum absolute atomic E-state index is 12.1. The minimum absolute atomic E-state index is 0.0339. The minimum atomic E-state index is -0.131. The monoisotopic (exact) mass is 368 g/mol. The number of benzene rings is 1. The smallest absolute Gasteiger partial charge is 0.226 e. The lowest BCUT2D eigenvalue weighted by atomic mass is 10.1. The van der Waals surface area contributed by atoms with E-state index in [0.717, 1.165) is 11.3 Å². The second-order valence-corrected chi connectivity index (χ2v) is 7.05. The zero-order valence-corrected chi connectivity index (χ0v) is 15.8. The highest BCUT2D eigenvalue weighted by atomic mass is 32.1. The molecule has 0 saturated heterocycles. The number of aryl methyl sites for hydroxylation is 3. The number of thiazole rings is 1. The third-order valence-corrected chi connectivity index (χ3v) is 4.80. The van der Waals surface area contributed by atoms with E-state index in [4.69, 9.17) is 4.42 Å². The van der Waals surface area contributed by atoms with E-state index in [1.807, 2.05) is 36.6 Å². The molecule has 0 fully saturated rings. The SMILES string of the molecule is CC(=O)c1cc(CCC(=O)Nc2nc(-c3ccc(C)cc3)cs2)oc1C. The van der Waals surface area contributed by atoms with Crippen LogP contribution in [0, 0.1) is 13.8 Å². The Morgan fingerprint density at radius 2 is 1.92 bits per heavy atom.